The summed E-state index contributed by atoms with van der Waals surface area (Å²) in [6, 6.07) is 2.88. The Balaban J connectivity index is 2.07. The molecule has 1 amide bonds. The Hall–Kier alpha value is -2.28. The van der Waals surface area contributed by atoms with E-state index in [1.807, 2.05) is 13.8 Å². The highest BCUT2D eigenvalue weighted by Crippen LogP contribution is 2.23. The SMILES string of the molecule is Cc1nn(C)c(C)c1NC(=O)CN(C)C(C)c1cc(F)ccc1F. The minimum Gasteiger partial charge on any atom is -0.322 e. The molecule has 0 saturated carbocycles. The predicted octanol–water partition coefficient (Wildman–Crippen LogP) is 2.95. The number of hydrogen-bond acceptors (Lipinski definition) is 3. The normalized spacial score (nSPS) is 12.5. The molecule has 5 nitrogen and oxygen atoms in total. The molecule has 0 radical (unpaired) electrons. The second-order valence-corrected chi connectivity index (χ2v) is 5.97. The van der Waals surface area contributed by atoms with Gasteiger partial charge < -0.3 is 5.32 Å². The van der Waals surface area contributed by atoms with Crippen LogP contribution in [0, 0.1) is 25.5 Å². The molecule has 2 aromatic rings. The van der Waals surface area contributed by atoms with E-state index in [1.165, 1.54) is 0 Å². The molecule has 2 rings (SSSR count). The van der Waals surface area contributed by atoms with Crippen LogP contribution in [0.2, 0.25) is 0 Å². The minimum atomic E-state index is -0.502. The smallest absolute Gasteiger partial charge is 0.238 e. The van der Waals surface area contributed by atoms with Gasteiger partial charge in [0.05, 0.1) is 23.6 Å². The lowest BCUT2D eigenvalue weighted by Crippen LogP contribution is -2.32. The molecule has 0 aliphatic rings. The van der Waals surface area contributed by atoms with Gasteiger partial charge >= 0.3 is 0 Å². The van der Waals surface area contributed by atoms with E-state index in [1.54, 1.807) is 30.6 Å². The summed E-state index contributed by atoms with van der Waals surface area (Å²) in [7, 11) is 3.50. The highest BCUT2D eigenvalue weighted by atomic mass is 19.1. The number of benzene rings is 1. The molecule has 1 atom stereocenters. The van der Waals surface area contributed by atoms with Crippen molar-refractivity contribution in [1.29, 1.82) is 0 Å². The number of nitrogens with zero attached hydrogens (tertiary/aromatic N) is 3. The molecule has 7 heteroatoms. The summed E-state index contributed by atoms with van der Waals surface area (Å²) >= 11 is 0. The van der Waals surface area contributed by atoms with Gasteiger partial charge in [0.2, 0.25) is 5.91 Å². The van der Waals surface area contributed by atoms with Crippen LogP contribution in [0.5, 0.6) is 0 Å². The first kappa shape index (κ1) is 18.1. The Morgan fingerprint density at radius 2 is 2.04 bits per heavy atom. The van der Waals surface area contributed by atoms with Gasteiger partial charge in [-0.15, -0.1) is 0 Å². The minimum absolute atomic E-state index is 0.0465. The van der Waals surface area contributed by atoms with Crippen molar-refractivity contribution in [2.24, 2.45) is 7.05 Å². The number of amides is 1. The first-order chi connectivity index (χ1) is 11.2. The largest absolute Gasteiger partial charge is 0.322 e. The van der Waals surface area contributed by atoms with Gasteiger partial charge in [0.25, 0.3) is 0 Å². The highest BCUT2D eigenvalue weighted by Gasteiger charge is 2.20. The van der Waals surface area contributed by atoms with Crippen molar-refractivity contribution in [3.63, 3.8) is 0 Å². The fourth-order valence-corrected chi connectivity index (χ4v) is 2.57. The summed E-state index contributed by atoms with van der Waals surface area (Å²) in [5, 5.41) is 7.07. The summed E-state index contributed by atoms with van der Waals surface area (Å²) in [5.74, 6) is -1.23. The molecular weight excluding hydrogens is 314 g/mol. The van der Waals surface area contributed by atoms with E-state index >= 15 is 0 Å². The highest BCUT2D eigenvalue weighted by molar-refractivity contribution is 5.93. The Labute approximate surface area is 140 Å². The van der Waals surface area contributed by atoms with Crippen molar-refractivity contribution in [1.82, 2.24) is 14.7 Å². The Morgan fingerprint density at radius 1 is 1.38 bits per heavy atom. The van der Waals surface area contributed by atoms with E-state index in [2.05, 4.69) is 10.4 Å². The van der Waals surface area contributed by atoms with Gasteiger partial charge in [0, 0.05) is 18.7 Å². The van der Waals surface area contributed by atoms with Crippen LogP contribution in [-0.2, 0) is 11.8 Å². The zero-order valence-corrected chi connectivity index (χ0v) is 14.5. The summed E-state index contributed by atoms with van der Waals surface area (Å²) in [6.07, 6.45) is 0. The second-order valence-electron chi connectivity index (χ2n) is 5.97. The standard InChI is InChI=1S/C17H22F2N4O/c1-10-17(12(3)23(5)21-10)20-16(24)9-22(4)11(2)14-8-13(18)6-7-15(14)19/h6-8,11H,9H2,1-5H3,(H,20,24). The van der Waals surface area contributed by atoms with Crippen molar-refractivity contribution in [2.75, 3.05) is 18.9 Å². The first-order valence-electron chi connectivity index (χ1n) is 7.66. The molecule has 0 aliphatic heterocycles. The van der Waals surface area contributed by atoms with Crippen LogP contribution in [-0.4, -0.2) is 34.2 Å². The molecule has 0 aliphatic carbocycles. The van der Waals surface area contributed by atoms with E-state index in [0.29, 0.717) is 5.69 Å². The van der Waals surface area contributed by atoms with E-state index in [-0.39, 0.29) is 18.0 Å². The van der Waals surface area contributed by atoms with Crippen LogP contribution in [0.25, 0.3) is 0 Å². The van der Waals surface area contributed by atoms with Crippen LogP contribution in [0.1, 0.15) is 29.9 Å². The number of likely N-dealkylation sites (N-methyl/N-ethyl adjacent to an activating group) is 1. The van der Waals surface area contributed by atoms with Gasteiger partial charge in [-0.3, -0.25) is 14.4 Å². The third kappa shape index (κ3) is 3.79. The molecule has 0 bridgehead atoms. The average molecular weight is 336 g/mol. The fourth-order valence-electron chi connectivity index (χ4n) is 2.57. The molecule has 1 unspecified atom stereocenters. The zero-order chi connectivity index (χ0) is 18.0. The number of carbonyl (C=O) groups is 1. The molecule has 24 heavy (non-hydrogen) atoms. The number of nitrogens with one attached hydrogen (secondary N) is 1. The maximum absolute atomic E-state index is 13.9. The molecule has 0 fully saturated rings. The lowest BCUT2D eigenvalue weighted by Gasteiger charge is -2.25. The molecule has 0 spiro atoms. The summed E-state index contributed by atoms with van der Waals surface area (Å²) in [6.45, 7) is 5.46. The number of aromatic nitrogens is 2. The van der Waals surface area contributed by atoms with Crippen LogP contribution < -0.4 is 5.32 Å². The molecule has 0 saturated heterocycles. The molecule has 1 heterocycles. The lowest BCUT2D eigenvalue weighted by molar-refractivity contribution is -0.117. The number of anilines is 1. The maximum atomic E-state index is 13.9. The van der Waals surface area contributed by atoms with Crippen LogP contribution in [0.3, 0.4) is 0 Å². The van der Waals surface area contributed by atoms with E-state index in [9.17, 15) is 13.6 Å². The third-order valence-corrected chi connectivity index (χ3v) is 4.24. The predicted molar refractivity (Wildman–Crippen MR) is 88.7 cm³/mol. The van der Waals surface area contributed by atoms with E-state index in [0.717, 1.165) is 29.6 Å². The average Bonchev–Trinajstić information content (AvgIpc) is 2.75. The number of aryl methyl sites for hydroxylation is 2. The van der Waals surface area contributed by atoms with Crippen LogP contribution in [0.4, 0.5) is 14.5 Å². The second kappa shape index (κ2) is 7.09. The quantitative estimate of drug-likeness (QED) is 0.913. The lowest BCUT2D eigenvalue weighted by atomic mass is 10.1. The first-order valence-corrected chi connectivity index (χ1v) is 7.66. The van der Waals surface area contributed by atoms with Crippen molar-refractivity contribution >= 4 is 11.6 Å². The molecule has 1 N–H and O–H groups in total. The molecular formula is C17H22F2N4O. The van der Waals surface area contributed by atoms with Gasteiger partial charge in [-0.25, -0.2) is 8.78 Å². The Bertz CT molecular complexity index is 757. The summed E-state index contributed by atoms with van der Waals surface area (Å²) < 4.78 is 28.9. The maximum Gasteiger partial charge on any atom is 0.238 e. The van der Waals surface area contributed by atoms with Gasteiger partial charge in [-0.1, -0.05) is 0 Å². The van der Waals surface area contributed by atoms with Crippen molar-refractivity contribution < 1.29 is 13.6 Å². The monoisotopic (exact) mass is 336 g/mol. The van der Waals surface area contributed by atoms with Crippen LogP contribution >= 0.6 is 0 Å². The molecule has 1 aromatic carbocycles. The number of hydrogen-bond donors (Lipinski definition) is 1. The Morgan fingerprint density at radius 3 is 2.62 bits per heavy atom. The Kier molecular flexibility index (Phi) is 5.33. The van der Waals surface area contributed by atoms with Gasteiger partial charge in [-0.2, -0.15) is 5.10 Å². The summed E-state index contributed by atoms with van der Waals surface area (Å²) in [4.78, 5) is 13.9. The van der Waals surface area contributed by atoms with Crippen molar-refractivity contribution in [2.45, 2.75) is 26.8 Å². The number of carbonyl (C=O) groups excluding carboxylic acids is 1. The fraction of sp³-hybridized carbons (Fsp3) is 0.412. The molecule has 1 aromatic heterocycles. The van der Waals surface area contributed by atoms with Gasteiger partial charge in [-0.05, 0) is 46.0 Å². The zero-order valence-electron chi connectivity index (χ0n) is 14.5. The van der Waals surface area contributed by atoms with Crippen molar-refractivity contribution in [3.8, 4) is 0 Å². The van der Waals surface area contributed by atoms with Gasteiger partial charge in [0.15, 0.2) is 0 Å². The third-order valence-electron chi connectivity index (χ3n) is 4.24. The molecule has 130 valence electrons. The van der Waals surface area contributed by atoms with Crippen molar-refractivity contribution in [3.05, 3.63) is 46.8 Å². The number of rotatable bonds is 5. The van der Waals surface area contributed by atoms with Crippen LogP contribution in [0.15, 0.2) is 18.2 Å². The topological polar surface area (TPSA) is 50.2 Å². The number of halogens is 2. The van der Waals surface area contributed by atoms with E-state index < -0.39 is 17.7 Å². The van der Waals surface area contributed by atoms with Gasteiger partial charge in [0.1, 0.15) is 11.6 Å². The van der Waals surface area contributed by atoms with E-state index in [4.69, 9.17) is 0 Å². The summed E-state index contributed by atoms with van der Waals surface area (Å²) in [5.41, 5.74) is 2.49.